The highest BCUT2D eigenvalue weighted by molar-refractivity contribution is 14.0. The highest BCUT2D eigenvalue weighted by Crippen LogP contribution is 2.15. The number of rotatable bonds is 7. The van der Waals surface area contributed by atoms with Crippen LogP contribution >= 0.6 is 24.0 Å². The summed E-state index contributed by atoms with van der Waals surface area (Å²) in [6, 6.07) is 9.65. The molecule has 0 spiro atoms. The molecule has 4 aliphatic heterocycles. The number of hydrogen-bond acceptors (Lipinski definition) is 4. The molecule has 2 bridgehead atoms. The fourth-order valence-corrected chi connectivity index (χ4v) is 4.77. The molecule has 1 atom stereocenters. The first-order valence-corrected chi connectivity index (χ1v) is 11.6. The molecular formula is C23H39IN6. The standard InChI is InChI=1S/C23H38N6.HI/c1-2-24-23(26-17-22-19-28-12-14-29(22)15-13-28)25-16-20-6-8-21(9-7-20)18-27-10-4-3-5-11-27;/h6-9,22H,2-5,10-19H2,1H3,(H2,24,25,26);1H. The van der Waals surface area contributed by atoms with Crippen molar-refractivity contribution >= 4 is 29.9 Å². The van der Waals surface area contributed by atoms with Gasteiger partial charge in [0.25, 0.3) is 0 Å². The summed E-state index contributed by atoms with van der Waals surface area (Å²) in [7, 11) is 0. The van der Waals surface area contributed by atoms with Gasteiger partial charge < -0.3 is 10.6 Å². The Morgan fingerprint density at radius 2 is 1.63 bits per heavy atom. The summed E-state index contributed by atoms with van der Waals surface area (Å²) in [6.45, 7) is 14.4. The molecular weight excluding hydrogens is 487 g/mol. The molecule has 0 saturated carbocycles. The zero-order valence-electron chi connectivity index (χ0n) is 18.5. The number of benzene rings is 1. The van der Waals surface area contributed by atoms with Crippen molar-refractivity contribution in [1.29, 1.82) is 0 Å². The molecule has 0 radical (unpaired) electrons. The lowest BCUT2D eigenvalue weighted by atomic mass is 10.1. The van der Waals surface area contributed by atoms with Crippen LogP contribution < -0.4 is 10.6 Å². The summed E-state index contributed by atoms with van der Waals surface area (Å²) in [6.07, 6.45) is 4.10. The van der Waals surface area contributed by atoms with Crippen molar-refractivity contribution in [3.05, 3.63) is 35.4 Å². The SMILES string of the molecule is CCNC(=NCc1ccc(CN2CCCCC2)cc1)NCC1CN2CCN1CC2.I. The number of halogens is 1. The van der Waals surface area contributed by atoms with E-state index in [1.807, 2.05) is 0 Å². The van der Waals surface area contributed by atoms with Gasteiger partial charge in [0, 0.05) is 58.4 Å². The molecule has 5 rings (SSSR count). The van der Waals surface area contributed by atoms with Crippen LogP contribution in [0, 0.1) is 0 Å². The second-order valence-electron chi connectivity index (χ2n) is 8.72. The lowest BCUT2D eigenvalue weighted by Gasteiger charge is -2.47. The summed E-state index contributed by atoms with van der Waals surface area (Å²) >= 11 is 0. The Balaban J connectivity index is 0.00000256. The molecule has 0 aromatic heterocycles. The number of hydrogen-bond donors (Lipinski definition) is 2. The molecule has 0 amide bonds. The molecule has 1 aromatic rings. The molecule has 4 aliphatic rings. The van der Waals surface area contributed by atoms with Crippen LogP contribution in [-0.4, -0.2) is 85.6 Å². The first kappa shape index (κ1) is 23.8. The molecule has 6 nitrogen and oxygen atoms in total. The highest BCUT2D eigenvalue weighted by Gasteiger charge is 2.31. The quantitative estimate of drug-likeness (QED) is 0.325. The van der Waals surface area contributed by atoms with E-state index in [9.17, 15) is 0 Å². The molecule has 1 aromatic carbocycles. The van der Waals surface area contributed by atoms with Gasteiger partial charge in [-0.3, -0.25) is 14.7 Å². The van der Waals surface area contributed by atoms with E-state index < -0.39 is 0 Å². The van der Waals surface area contributed by atoms with Gasteiger partial charge in [0.05, 0.1) is 6.54 Å². The number of aliphatic imine (C=N–C) groups is 1. The summed E-state index contributed by atoms with van der Waals surface area (Å²) < 4.78 is 0. The number of piperidine rings is 1. The van der Waals surface area contributed by atoms with Crippen molar-refractivity contribution in [2.45, 2.75) is 45.3 Å². The third-order valence-electron chi connectivity index (χ3n) is 6.54. The number of guanidine groups is 1. The minimum Gasteiger partial charge on any atom is -0.357 e. The van der Waals surface area contributed by atoms with Gasteiger partial charge in [-0.15, -0.1) is 24.0 Å². The molecule has 30 heavy (non-hydrogen) atoms. The molecule has 0 aliphatic carbocycles. The second kappa shape index (κ2) is 12.2. The minimum atomic E-state index is 0. The lowest BCUT2D eigenvalue weighted by Crippen LogP contribution is -2.63. The van der Waals surface area contributed by atoms with E-state index in [0.717, 1.165) is 32.1 Å². The third-order valence-corrected chi connectivity index (χ3v) is 6.54. The second-order valence-corrected chi connectivity index (χ2v) is 8.72. The number of likely N-dealkylation sites (tertiary alicyclic amines) is 1. The van der Waals surface area contributed by atoms with Crippen molar-refractivity contribution < 1.29 is 0 Å². The van der Waals surface area contributed by atoms with Crippen LogP contribution in [0.15, 0.2) is 29.3 Å². The van der Waals surface area contributed by atoms with E-state index in [4.69, 9.17) is 4.99 Å². The zero-order chi connectivity index (χ0) is 19.9. The summed E-state index contributed by atoms with van der Waals surface area (Å²) in [5.41, 5.74) is 2.69. The Bertz CT molecular complexity index is 650. The first-order valence-electron chi connectivity index (χ1n) is 11.6. The zero-order valence-corrected chi connectivity index (χ0v) is 20.8. The number of nitrogens with one attached hydrogen (secondary N) is 2. The van der Waals surface area contributed by atoms with E-state index in [1.165, 1.54) is 76.2 Å². The van der Waals surface area contributed by atoms with Crippen molar-refractivity contribution in [2.24, 2.45) is 4.99 Å². The molecule has 4 heterocycles. The van der Waals surface area contributed by atoms with E-state index in [0.29, 0.717) is 6.04 Å². The molecule has 4 fully saturated rings. The van der Waals surface area contributed by atoms with Crippen LogP contribution in [0.2, 0.25) is 0 Å². The van der Waals surface area contributed by atoms with Gasteiger partial charge in [0.15, 0.2) is 5.96 Å². The average molecular weight is 527 g/mol. The predicted molar refractivity (Wildman–Crippen MR) is 136 cm³/mol. The average Bonchev–Trinajstić information content (AvgIpc) is 2.78. The van der Waals surface area contributed by atoms with Gasteiger partial charge in [-0.05, 0) is 44.0 Å². The lowest BCUT2D eigenvalue weighted by molar-refractivity contribution is 0.0154. The fourth-order valence-electron chi connectivity index (χ4n) is 4.77. The van der Waals surface area contributed by atoms with Crippen LogP contribution in [0.4, 0.5) is 0 Å². The van der Waals surface area contributed by atoms with Gasteiger partial charge in [-0.2, -0.15) is 0 Å². The van der Waals surface area contributed by atoms with Gasteiger partial charge in [-0.25, -0.2) is 4.99 Å². The highest BCUT2D eigenvalue weighted by atomic mass is 127. The van der Waals surface area contributed by atoms with E-state index in [1.54, 1.807) is 0 Å². The van der Waals surface area contributed by atoms with Gasteiger partial charge in [0.1, 0.15) is 0 Å². The number of fused-ring (bicyclic) bond motifs is 3. The van der Waals surface area contributed by atoms with Crippen LogP contribution in [0.5, 0.6) is 0 Å². The van der Waals surface area contributed by atoms with Crippen LogP contribution in [0.1, 0.15) is 37.3 Å². The maximum Gasteiger partial charge on any atom is 0.191 e. The molecule has 4 saturated heterocycles. The number of nitrogens with zero attached hydrogens (tertiary/aromatic N) is 4. The molecule has 7 heteroatoms. The topological polar surface area (TPSA) is 46.1 Å². The predicted octanol–water partition coefficient (Wildman–Crippen LogP) is 2.35. The van der Waals surface area contributed by atoms with Crippen LogP contribution in [0.3, 0.4) is 0 Å². The minimum absolute atomic E-state index is 0. The molecule has 168 valence electrons. The van der Waals surface area contributed by atoms with Crippen LogP contribution in [0.25, 0.3) is 0 Å². The van der Waals surface area contributed by atoms with Gasteiger partial charge in [0.2, 0.25) is 0 Å². The first-order chi connectivity index (χ1) is 14.3. The van der Waals surface area contributed by atoms with Crippen molar-refractivity contribution in [2.75, 3.05) is 58.9 Å². The van der Waals surface area contributed by atoms with E-state index in [-0.39, 0.29) is 24.0 Å². The Labute approximate surface area is 199 Å². The summed E-state index contributed by atoms with van der Waals surface area (Å²) in [4.78, 5) is 12.6. The normalized spacial score (nSPS) is 26.8. The number of piperazine rings is 3. The Hall–Kier alpha value is -0.900. The van der Waals surface area contributed by atoms with Crippen LogP contribution in [-0.2, 0) is 13.1 Å². The Morgan fingerprint density at radius 3 is 2.27 bits per heavy atom. The van der Waals surface area contributed by atoms with Gasteiger partial charge >= 0.3 is 0 Å². The maximum absolute atomic E-state index is 4.83. The van der Waals surface area contributed by atoms with E-state index >= 15 is 0 Å². The summed E-state index contributed by atoms with van der Waals surface area (Å²) in [5, 5.41) is 6.98. The van der Waals surface area contributed by atoms with Crippen molar-refractivity contribution in [3.63, 3.8) is 0 Å². The monoisotopic (exact) mass is 526 g/mol. The largest absolute Gasteiger partial charge is 0.357 e. The van der Waals surface area contributed by atoms with E-state index in [2.05, 4.69) is 56.5 Å². The maximum atomic E-state index is 4.83. The summed E-state index contributed by atoms with van der Waals surface area (Å²) in [5.74, 6) is 0.933. The molecule has 2 N–H and O–H groups in total. The fraction of sp³-hybridized carbons (Fsp3) is 0.696. The molecule has 1 unspecified atom stereocenters. The smallest absolute Gasteiger partial charge is 0.191 e. The van der Waals surface area contributed by atoms with Crippen molar-refractivity contribution in [1.82, 2.24) is 25.3 Å². The Morgan fingerprint density at radius 1 is 0.933 bits per heavy atom. The Kier molecular flexibility index (Phi) is 9.67. The third kappa shape index (κ3) is 6.80. The van der Waals surface area contributed by atoms with Gasteiger partial charge in [-0.1, -0.05) is 30.7 Å². The van der Waals surface area contributed by atoms with Crippen molar-refractivity contribution in [3.8, 4) is 0 Å².